The molecule has 2 nitrogen and oxygen atoms in total. The van der Waals surface area contributed by atoms with Crippen LogP contribution in [0.1, 0.15) is 50.7 Å². The quantitative estimate of drug-likeness (QED) is 0.781. The fourth-order valence-corrected chi connectivity index (χ4v) is 4.01. The van der Waals surface area contributed by atoms with Gasteiger partial charge >= 0.3 is 0 Å². The van der Waals surface area contributed by atoms with Crippen LogP contribution in [-0.4, -0.2) is 19.2 Å². The maximum atomic E-state index is 5.91. The van der Waals surface area contributed by atoms with Crippen LogP contribution in [0.2, 0.25) is 0 Å². The second kappa shape index (κ2) is 6.29. The van der Waals surface area contributed by atoms with Crippen molar-refractivity contribution in [3.05, 3.63) is 27.7 Å². The van der Waals surface area contributed by atoms with Crippen molar-refractivity contribution in [2.75, 3.05) is 13.2 Å². The summed E-state index contributed by atoms with van der Waals surface area (Å²) in [5, 5.41) is 3.73. The Kier molecular flexibility index (Phi) is 4.60. The van der Waals surface area contributed by atoms with Gasteiger partial charge in [-0.15, -0.1) is 0 Å². The second-order valence-electron chi connectivity index (χ2n) is 7.04. The first-order valence-electron chi connectivity index (χ1n) is 8.27. The van der Waals surface area contributed by atoms with E-state index in [1.54, 1.807) is 0 Å². The smallest absolute Gasteiger partial charge is 0.125 e. The van der Waals surface area contributed by atoms with E-state index in [4.69, 9.17) is 4.74 Å². The number of benzene rings is 1. The van der Waals surface area contributed by atoms with Gasteiger partial charge in [0, 0.05) is 23.5 Å². The summed E-state index contributed by atoms with van der Waals surface area (Å²) < 4.78 is 7.10. The first-order valence-corrected chi connectivity index (χ1v) is 9.06. The molecule has 0 saturated heterocycles. The second-order valence-corrected chi connectivity index (χ2v) is 7.96. The molecule has 2 aliphatic rings. The monoisotopic (exact) mass is 351 g/mol. The van der Waals surface area contributed by atoms with Gasteiger partial charge in [-0.25, -0.2) is 0 Å². The van der Waals surface area contributed by atoms with Gasteiger partial charge in [0.15, 0.2) is 0 Å². The summed E-state index contributed by atoms with van der Waals surface area (Å²) in [6.07, 6.45) is 7.36. The molecule has 1 aliphatic carbocycles. The molecule has 0 amide bonds. The normalized spacial score (nSPS) is 20.0. The van der Waals surface area contributed by atoms with E-state index < -0.39 is 0 Å². The summed E-state index contributed by atoms with van der Waals surface area (Å²) >= 11 is 3.66. The average Bonchev–Trinajstić information content (AvgIpc) is 3.14. The van der Waals surface area contributed by atoms with Gasteiger partial charge in [-0.2, -0.15) is 0 Å². The lowest BCUT2D eigenvalue weighted by molar-refractivity contribution is 0.268. The van der Waals surface area contributed by atoms with Crippen molar-refractivity contribution in [3.8, 4) is 5.75 Å². The third-order valence-electron chi connectivity index (χ3n) is 4.69. The van der Waals surface area contributed by atoms with Gasteiger partial charge in [-0.05, 0) is 54.4 Å². The molecule has 1 aromatic rings. The van der Waals surface area contributed by atoms with Gasteiger partial charge in [0.2, 0.25) is 0 Å². The molecule has 1 unspecified atom stereocenters. The summed E-state index contributed by atoms with van der Waals surface area (Å²) in [6.45, 7) is 6.67. The molecule has 0 spiro atoms. The molecular formula is C18H26BrNO. The molecule has 1 heterocycles. The Balaban J connectivity index is 1.78. The van der Waals surface area contributed by atoms with Crippen molar-refractivity contribution in [3.63, 3.8) is 0 Å². The van der Waals surface area contributed by atoms with Crippen molar-refractivity contribution in [1.82, 2.24) is 5.32 Å². The lowest BCUT2D eigenvalue weighted by Gasteiger charge is -2.31. The average molecular weight is 352 g/mol. The predicted molar refractivity (Wildman–Crippen MR) is 91.1 cm³/mol. The predicted octanol–water partition coefficient (Wildman–Crippen LogP) is 4.48. The van der Waals surface area contributed by atoms with E-state index >= 15 is 0 Å². The standard InChI is InChI=1S/C18H26BrNO/c1-3-7-18(2,12-20-16-4-5-16)11-14-10-15(19)9-13-6-8-21-17(13)14/h9-10,16,20H,3-8,11-12H2,1-2H3. The molecule has 0 aromatic heterocycles. The fourth-order valence-electron chi connectivity index (χ4n) is 3.46. The van der Waals surface area contributed by atoms with E-state index in [9.17, 15) is 0 Å². The molecule has 116 valence electrons. The van der Waals surface area contributed by atoms with E-state index in [0.29, 0.717) is 5.41 Å². The highest BCUT2D eigenvalue weighted by Gasteiger charge is 2.30. The third-order valence-corrected chi connectivity index (χ3v) is 5.15. The van der Waals surface area contributed by atoms with Crippen LogP contribution >= 0.6 is 15.9 Å². The summed E-state index contributed by atoms with van der Waals surface area (Å²) in [7, 11) is 0. The molecule has 1 atom stereocenters. The largest absolute Gasteiger partial charge is 0.493 e. The van der Waals surface area contributed by atoms with Crippen LogP contribution in [0.3, 0.4) is 0 Å². The Bertz CT molecular complexity index is 512. The zero-order chi connectivity index (χ0) is 14.9. The van der Waals surface area contributed by atoms with Crippen molar-refractivity contribution in [2.24, 2.45) is 5.41 Å². The zero-order valence-electron chi connectivity index (χ0n) is 13.2. The Morgan fingerprint density at radius 3 is 2.90 bits per heavy atom. The van der Waals surface area contributed by atoms with E-state index in [2.05, 4.69) is 47.2 Å². The molecule has 1 N–H and O–H groups in total. The van der Waals surface area contributed by atoms with Crippen LogP contribution in [0.15, 0.2) is 16.6 Å². The number of halogens is 1. The summed E-state index contributed by atoms with van der Waals surface area (Å²) in [4.78, 5) is 0. The van der Waals surface area contributed by atoms with E-state index in [0.717, 1.165) is 37.8 Å². The minimum atomic E-state index is 0.317. The third kappa shape index (κ3) is 3.81. The van der Waals surface area contributed by atoms with Crippen LogP contribution in [0.5, 0.6) is 5.75 Å². The topological polar surface area (TPSA) is 21.3 Å². The summed E-state index contributed by atoms with van der Waals surface area (Å²) in [5.41, 5.74) is 3.07. The van der Waals surface area contributed by atoms with Gasteiger partial charge in [0.1, 0.15) is 5.75 Å². The Morgan fingerprint density at radius 2 is 2.19 bits per heavy atom. The summed E-state index contributed by atoms with van der Waals surface area (Å²) in [5.74, 6) is 1.16. The van der Waals surface area contributed by atoms with Gasteiger partial charge in [-0.3, -0.25) is 0 Å². The van der Waals surface area contributed by atoms with Crippen LogP contribution in [-0.2, 0) is 12.8 Å². The van der Waals surface area contributed by atoms with Crippen molar-refractivity contribution in [1.29, 1.82) is 0 Å². The summed E-state index contributed by atoms with van der Waals surface area (Å²) in [6, 6.07) is 5.26. The van der Waals surface area contributed by atoms with E-state index in [-0.39, 0.29) is 0 Å². The van der Waals surface area contributed by atoms with Crippen LogP contribution in [0.25, 0.3) is 0 Å². The zero-order valence-corrected chi connectivity index (χ0v) is 14.8. The molecule has 1 fully saturated rings. The first-order chi connectivity index (χ1) is 10.1. The number of rotatable bonds is 7. The molecule has 3 rings (SSSR count). The van der Waals surface area contributed by atoms with Crippen LogP contribution < -0.4 is 10.1 Å². The molecule has 21 heavy (non-hydrogen) atoms. The van der Waals surface area contributed by atoms with E-state index in [1.165, 1.54) is 41.3 Å². The Morgan fingerprint density at radius 1 is 1.38 bits per heavy atom. The van der Waals surface area contributed by atoms with Gasteiger partial charge in [-0.1, -0.05) is 36.2 Å². The van der Waals surface area contributed by atoms with Crippen molar-refractivity contribution < 1.29 is 4.74 Å². The number of fused-ring (bicyclic) bond motifs is 1. The van der Waals surface area contributed by atoms with Crippen molar-refractivity contribution in [2.45, 2.75) is 58.4 Å². The molecule has 0 radical (unpaired) electrons. The SMILES string of the molecule is CCCC(C)(CNC1CC1)Cc1cc(Br)cc2c1OCC2. The lowest BCUT2D eigenvalue weighted by Crippen LogP contribution is -2.35. The minimum absolute atomic E-state index is 0.317. The fraction of sp³-hybridized carbons (Fsp3) is 0.667. The molecule has 1 aromatic carbocycles. The number of hydrogen-bond donors (Lipinski definition) is 1. The maximum Gasteiger partial charge on any atom is 0.125 e. The Hall–Kier alpha value is -0.540. The number of hydrogen-bond acceptors (Lipinski definition) is 2. The molecule has 1 aliphatic heterocycles. The number of nitrogens with one attached hydrogen (secondary N) is 1. The van der Waals surface area contributed by atoms with Gasteiger partial charge in [0.05, 0.1) is 6.61 Å². The molecular weight excluding hydrogens is 326 g/mol. The minimum Gasteiger partial charge on any atom is -0.493 e. The lowest BCUT2D eigenvalue weighted by atomic mass is 9.79. The molecule has 3 heteroatoms. The van der Waals surface area contributed by atoms with Crippen LogP contribution in [0, 0.1) is 5.41 Å². The molecule has 0 bridgehead atoms. The first kappa shape index (κ1) is 15.4. The highest BCUT2D eigenvalue weighted by Crippen LogP contribution is 2.38. The number of ether oxygens (including phenoxy) is 1. The van der Waals surface area contributed by atoms with Gasteiger partial charge in [0.25, 0.3) is 0 Å². The Labute approximate surface area is 136 Å². The highest BCUT2D eigenvalue weighted by atomic mass is 79.9. The van der Waals surface area contributed by atoms with Gasteiger partial charge < -0.3 is 10.1 Å². The van der Waals surface area contributed by atoms with Crippen LogP contribution in [0.4, 0.5) is 0 Å². The highest BCUT2D eigenvalue weighted by molar-refractivity contribution is 9.10. The molecule has 1 saturated carbocycles. The maximum absolute atomic E-state index is 5.91. The van der Waals surface area contributed by atoms with E-state index in [1.807, 2.05) is 0 Å². The van der Waals surface area contributed by atoms with Crippen molar-refractivity contribution >= 4 is 15.9 Å².